The fourth-order valence-corrected chi connectivity index (χ4v) is 6.73. The minimum Gasteiger partial charge on any atom is -0.314 e. The lowest BCUT2D eigenvalue weighted by Gasteiger charge is -2.17. The normalized spacial score (nSPS) is 11.6. The van der Waals surface area contributed by atoms with Crippen LogP contribution in [0.25, 0.3) is 66.7 Å². The van der Waals surface area contributed by atoms with Crippen LogP contribution in [0.4, 0.5) is 0 Å². The van der Waals surface area contributed by atoms with Crippen LogP contribution in [0.3, 0.4) is 0 Å². The van der Waals surface area contributed by atoms with Crippen LogP contribution in [-0.4, -0.2) is 19.1 Å². The molecule has 8 aromatic rings. The summed E-state index contributed by atoms with van der Waals surface area (Å²) in [6.45, 7) is 8.85. The van der Waals surface area contributed by atoms with E-state index in [1.165, 1.54) is 44.3 Å². The molecule has 5 aromatic carbocycles. The lowest BCUT2D eigenvalue weighted by molar-refractivity contribution is 1.01. The third-order valence-electron chi connectivity index (χ3n) is 9.18. The first kappa shape index (κ1) is 26.2. The zero-order valence-corrected chi connectivity index (χ0v) is 25.3. The predicted molar refractivity (Wildman–Crippen MR) is 183 cm³/mol. The largest absolute Gasteiger partial charge is 0.314 e. The number of aromatic nitrogens is 4. The first-order chi connectivity index (χ1) is 21.5. The van der Waals surface area contributed by atoms with Crippen LogP contribution in [0.2, 0.25) is 0 Å². The number of hydrogen-bond donors (Lipinski definition) is 0. The quantitative estimate of drug-likeness (QED) is 0.212. The van der Waals surface area contributed by atoms with Gasteiger partial charge in [0.05, 0.1) is 22.2 Å². The summed E-state index contributed by atoms with van der Waals surface area (Å²) in [6, 6.07) is 42.8. The molecule has 3 aromatic heterocycles. The van der Waals surface area contributed by atoms with Gasteiger partial charge in [-0.2, -0.15) is 0 Å². The molecule has 0 aliphatic rings. The second-order valence-electron chi connectivity index (χ2n) is 11.6. The monoisotopic (exact) mass is 568 g/mol. The van der Waals surface area contributed by atoms with Gasteiger partial charge >= 0.3 is 0 Å². The Labute approximate surface area is 256 Å². The Morgan fingerprint density at radius 3 is 1.55 bits per heavy atom. The fourth-order valence-electron chi connectivity index (χ4n) is 6.73. The standard InChI is InChI=1S/C40H32N4/c1-25-27(3)43(37-20-12-9-16-33(25)37)31-22-30(23-32(24-31)44-28(4)26(2)34-17-10-13-21-38(34)44)40-41-36-19-11-8-18-35(36)39(42-40)29-14-6-5-7-15-29/h5-24H,1-4H3. The molecule has 0 atom stereocenters. The molecular weight excluding hydrogens is 536 g/mol. The smallest absolute Gasteiger partial charge is 0.160 e. The average Bonchev–Trinajstić information content (AvgIpc) is 3.48. The number of para-hydroxylation sites is 3. The van der Waals surface area contributed by atoms with E-state index >= 15 is 0 Å². The van der Waals surface area contributed by atoms with Crippen LogP contribution >= 0.6 is 0 Å². The van der Waals surface area contributed by atoms with Crippen molar-refractivity contribution in [2.45, 2.75) is 27.7 Å². The third-order valence-corrected chi connectivity index (χ3v) is 9.18. The minimum absolute atomic E-state index is 0.710. The highest BCUT2D eigenvalue weighted by atomic mass is 15.0. The molecule has 4 nitrogen and oxygen atoms in total. The Hall–Kier alpha value is -5.48. The maximum atomic E-state index is 5.26. The van der Waals surface area contributed by atoms with Gasteiger partial charge in [-0.1, -0.05) is 84.9 Å². The molecule has 212 valence electrons. The highest BCUT2D eigenvalue weighted by molar-refractivity contribution is 5.94. The van der Waals surface area contributed by atoms with Crippen LogP contribution in [0, 0.1) is 27.7 Å². The Bertz CT molecular complexity index is 2270. The van der Waals surface area contributed by atoms with E-state index in [9.17, 15) is 0 Å². The van der Waals surface area contributed by atoms with Crippen molar-refractivity contribution in [2.75, 3.05) is 0 Å². The van der Waals surface area contributed by atoms with Crippen LogP contribution < -0.4 is 0 Å². The Kier molecular flexibility index (Phi) is 5.98. The average molecular weight is 569 g/mol. The van der Waals surface area contributed by atoms with Crippen LogP contribution in [0.1, 0.15) is 22.5 Å². The van der Waals surface area contributed by atoms with E-state index in [4.69, 9.17) is 9.97 Å². The zero-order valence-electron chi connectivity index (χ0n) is 25.3. The van der Waals surface area contributed by atoms with Gasteiger partial charge in [-0.15, -0.1) is 0 Å². The summed E-state index contributed by atoms with van der Waals surface area (Å²) < 4.78 is 4.76. The Morgan fingerprint density at radius 1 is 0.455 bits per heavy atom. The molecule has 8 rings (SSSR count). The van der Waals surface area contributed by atoms with Crippen LogP contribution in [0.15, 0.2) is 121 Å². The van der Waals surface area contributed by atoms with E-state index in [1.807, 2.05) is 12.1 Å². The molecule has 0 saturated carbocycles. The van der Waals surface area contributed by atoms with Gasteiger partial charge in [0.15, 0.2) is 5.82 Å². The van der Waals surface area contributed by atoms with Crippen molar-refractivity contribution >= 4 is 32.7 Å². The molecule has 0 fully saturated rings. The molecule has 44 heavy (non-hydrogen) atoms. The SMILES string of the molecule is Cc1c(C)n(-c2cc(-c3nc(-c4ccccc4)c4ccccc4n3)cc(-n3c(C)c(C)c4ccccc43)c2)c2ccccc12. The maximum absolute atomic E-state index is 5.26. The van der Waals surface area contributed by atoms with Gasteiger partial charge in [-0.05, 0) is 75.2 Å². The van der Waals surface area contributed by atoms with E-state index in [0.717, 1.165) is 39.1 Å². The predicted octanol–water partition coefficient (Wildman–Crippen LogP) is 10.1. The van der Waals surface area contributed by atoms with Gasteiger partial charge in [0.1, 0.15) is 0 Å². The highest BCUT2D eigenvalue weighted by Crippen LogP contribution is 2.36. The number of aryl methyl sites for hydroxylation is 2. The van der Waals surface area contributed by atoms with Gasteiger partial charge in [0.25, 0.3) is 0 Å². The molecule has 0 bridgehead atoms. The number of fused-ring (bicyclic) bond motifs is 3. The van der Waals surface area contributed by atoms with Gasteiger partial charge in [0.2, 0.25) is 0 Å². The maximum Gasteiger partial charge on any atom is 0.160 e. The first-order valence-electron chi connectivity index (χ1n) is 15.1. The zero-order chi connectivity index (χ0) is 29.9. The van der Waals surface area contributed by atoms with Crippen molar-refractivity contribution in [3.8, 4) is 34.0 Å². The van der Waals surface area contributed by atoms with Gasteiger partial charge in [-0.3, -0.25) is 0 Å². The topological polar surface area (TPSA) is 35.6 Å². The summed E-state index contributed by atoms with van der Waals surface area (Å²) in [5.41, 5.74) is 13.5. The second kappa shape index (κ2) is 10.1. The third kappa shape index (κ3) is 3.99. The number of hydrogen-bond acceptors (Lipinski definition) is 2. The molecule has 0 spiro atoms. The molecule has 0 unspecified atom stereocenters. The number of rotatable bonds is 4. The molecule has 0 radical (unpaired) electrons. The molecule has 0 aliphatic heterocycles. The number of nitrogens with zero attached hydrogens (tertiary/aromatic N) is 4. The minimum atomic E-state index is 0.710. The van der Waals surface area contributed by atoms with E-state index in [2.05, 4.69) is 146 Å². The van der Waals surface area contributed by atoms with Crippen molar-refractivity contribution in [3.05, 3.63) is 144 Å². The van der Waals surface area contributed by atoms with Crippen molar-refractivity contribution in [2.24, 2.45) is 0 Å². The summed E-state index contributed by atoms with van der Waals surface area (Å²) in [5, 5.41) is 3.58. The molecule has 0 amide bonds. The Morgan fingerprint density at radius 2 is 0.955 bits per heavy atom. The van der Waals surface area contributed by atoms with Gasteiger partial charge < -0.3 is 9.13 Å². The van der Waals surface area contributed by atoms with Gasteiger partial charge in [-0.25, -0.2) is 9.97 Å². The second-order valence-corrected chi connectivity index (χ2v) is 11.6. The van der Waals surface area contributed by atoms with Crippen molar-refractivity contribution in [1.82, 2.24) is 19.1 Å². The van der Waals surface area contributed by atoms with Crippen molar-refractivity contribution < 1.29 is 0 Å². The van der Waals surface area contributed by atoms with E-state index in [0.29, 0.717) is 5.82 Å². The summed E-state index contributed by atoms with van der Waals surface area (Å²) >= 11 is 0. The van der Waals surface area contributed by atoms with E-state index in [-0.39, 0.29) is 0 Å². The van der Waals surface area contributed by atoms with Crippen molar-refractivity contribution in [3.63, 3.8) is 0 Å². The summed E-state index contributed by atoms with van der Waals surface area (Å²) in [6.07, 6.45) is 0. The van der Waals surface area contributed by atoms with Crippen molar-refractivity contribution in [1.29, 1.82) is 0 Å². The lowest BCUT2D eigenvalue weighted by Crippen LogP contribution is -2.04. The molecule has 3 heterocycles. The molecular formula is C40H32N4. The first-order valence-corrected chi connectivity index (χ1v) is 15.1. The number of benzene rings is 5. The summed E-state index contributed by atoms with van der Waals surface area (Å²) in [5.74, 6) is 0.710. The molecule has 0 aliphatic carbocycles. The summed E-state index contributed by atoms with van der Waals surface area (Å²) in [7, 11) is 0. The lowest BCUT2D eigenvalue weighted by atomic mass is 10.1. The van der Waals surface area contributed by atoms with Gasteiger partial charge in [0, 0.05) is 50.0 Å². The van der Waals surface area contributed by atoms with Crippen LogP contribution in [-0.2, 0) is 0 Å². The van der Waals surface area contributed by atoms with Crippen LogP contribution in [0.5, 0.6) is 0 Å². The molecule has 4 heteroatoms. The fraction of sp³-hybridized carbons (Fsp3) is 0.100. The molecule has 0 N–H and O–H groups in total. The summed E-state index contributed by atoms with van der Waals surface area (Å²) in [4.78, 5) is 10.4. The highest BCUT2D eigenvalue weighted by Gasteiger charge is 2.19. The van der Waals surface area contributed by atoms with E-state index in [1.54, 1.807) is 0 Å². The van der Waals surface area contributed by atoms with E-state index < -0.39 is 0 Å². The molecule has 0 saturated heterocycles. The Balaban J connectivity index is 1.46.